The van der Waals surface area contributed by atoms with Gasteiger partial charge < -0.3 is 25.4 Å². The molecule has 0 bridgehead atoms. The molecular weight excluding hydrogens is 470 g/mol. The molecule has 3 aromatic carbocycles. The first-order valence-electron chi connectivity index (χ1n) is 11.5. The highest BCUT2D eigenvalue weighted by atomic mass is 16.5. The molecule has 1 aromatic heterocycles. The van der Waals surface area contributed by atoms with Crippen LogP contribution in [0.15, 0.2) is 85.2 Å². The van der Waals surface area contributed by atoms with E-state index in [0.29, 0.717) is 36.1 Å². The number of rotatable bonds is 9. The Hall–Kier alpha value is -4.92. The highest BCUT2D eigenvalue weighted by Gasteiger charge is 2.19. The van der Waals surface area contributed by atoms with E-state index in [0.717, 1.165) is 11.1 Å². The molecule has 0 unspecified atom stereocenters. The summed E-state index contributed by atoms with van der Waals surface area (Å²) < 4.78 is 9.64. The molecule has 4 rings (SSSR count). The van der Waals surface area contributed by atoms with E-state index < -0.39 is 11.9 Å². The number of nitrogen functional groups attached to an aromatic ring is 1. The largest absolute Gasteiger partial charge is 0.465 e. The van der Waals surface area contributed by atoms with E-state index in [9.17, 15) is 9.59 Å². The minimum atomic E-state index is -0.595. The molecule has 0 spiro atoms. The normalized spacial score (nSPS) is 10.4. The van der Waals surface area contributed by atoms with Gasteiger partial charge in [0.1, 0.15) is 12.0 Å². The lowest BCUT2D eigenvalue weighted by Gasteiger charge is -2.26. The molecule has 3 N–H and O–H groups in total. The number of nitrogens with zero attached hydrogens (tertiary/aromatic N) is 3. The molecule has 0 radical (unpaired) electrons. The van der Waals surface area contributed by atoms with E-state index in [2.05, 4.69) is 20.2 Å². The Morgan fingerprint density at radius 3 is 1.81 bits per heavy atom. The van der Waals surface area contributed by atoms with Crippen LogP contribution in [0.25, 0.3) is 0 Å². The number of methoxy groups -OCH3 is 2. The Morgan fingerprint density at radius 2 is 1.32 bits per heavy atom. The number of benzene rings is 3. The summed E-state index contributed by atoms with van der Waals surface area (Å²) in [6, 6.07) is 24.5. The average Bonchev–Trinajstić information content (AvgIpc) is 2.94. The van der Waals surface area contributed by atoms with Crippen LogP contribution >= 0.6 is 0 Å². The lowest BCUT2D eigenvalue weighted by atomic mass is 10.1. The molecule has 188 valence electrons. The van der Waals surface area contributed by atoms with Crippen molar-refractivity contribution in [2.24, 2.45) is 0 Å². The first kappa shape index (κ1) is 25.2. The Bertz CT molecular complexity index is 1300. The second-order valence-electron chi connectivity index (χ2n) is 8.19. The predicted molar refractivity (Wildman–Crippen MR) is 142 cm³/mol. The number of ether oxygens (including phenoxy) is 2. The van der Waals surface area contributed by atoms with Gasteiger partial charge in [0.15, 0.2) is 11.6 Å². The van der Waals surface area contributed by atoms with Gasteiger partial charge in [-0.1, -0.05) is 60.7 Å². The third-order valence-corrected chi connectivity index (χ3v) is 5.63. The number of nitrogens with one attached hydrogen (secondary N) is 1. The Kier molecular flexibility index (Phi) is 7.95. The number of hydrogen-bond acceptors (Lipinski definition) is 9. The minimum absolute atomic E-state index is 0.176. The molecule has 0 fully saturated rings. The van der Waals surface area contributed by atoms with Gasteiger partial charge in [-0.3, -0.25) is 0 Å². The van der Waals surface area contributed by atoms with Crippen molar-refractivity contribution in [3.8, 4) is 0 Å². The van der Waals surface area contributed by atoms with Gasteiger partial charge in [0.2, 0.25) is 0 Å². The molecule has 0 saturated carbocycles. The average molecular weight is 498 g/mol. The molecule has 9 nitrogen and oxygen atoms in total. The van der Waals surface area contributed by atoms with Crippen LogP contribution in [-0.4, -0.2) is 36.1 Å². The quantitative estimate of drug-likeness (QED) is 0.320. The molecular formula is C28H27N5O4. The fraction of sp³-hybridized carbons (Fsp3) is 0.143. The smallest absolute Gasteiger partial charge is 0.337 e. The van der Waals surface area contributed by atoms with Crippen molar-refractivity contribution in [2.45, 2.75) is 13.1 Å². The summed E-state index contributed by atoms with van der Waals surface area (Å²) in [4.78, 5) is 35.2. The van der Waals surface area contributed by atoms with Crippen molar-refractivity contribution in [3.63, 3.8) is 0 Å². The first-order valence-corrected chi connectivity index (χ1v) is 11.5. The topological polar surface area (TPSA) is 120 Å². The summed E-state index contributed by atoms with van der Waals surface area (Å²) in [5.41, 5.74) is 9.85. The zero-order valence-electron chi connectivity index (χ0n) is 20.5. The number of esters is 2. The summed E-state index contributed by atoms with van der Waals surface area (Å²) in [5.74, 6) is -0.319. The summed E-state index contributed by atoms with van der Waals surface area (Å²) in [6.45, 7) is 1.14. The Morgan fingerprint density at radius 1 is 0.811 bits per heavy atom. The second-order valence-corrected chi connectivity index (χ2v) is 8.19. The fourth-order valence-electron chi connectivity index (χ4n) is 3.86. The van der Waals surface area contributed by atoms with Crippen molar-refractivity contribution in [3.05, 3.63) is 107 Å². The van der Waals surface area contributed by atoms with Crippen LogP contribution in [0.4, 0.5) is 23.0 Å². The SMILES string of the molecule is COC(=O)c1cc(Nc2ncnc(N(Cc3ccccc3)Cc3ccccc3)c2N)cc(C(=O)OC)c1. The van der Waals surface area contributed by atoms with E-state index in [-0.39, 0.29) is 11.1 Å². The van der Waals surface area contributed by atoms with Crippen LogP contribution in [0.2, 0.25) is 0 Å². The van der Waals surface area contributed by atoms with E-state index in [1.54, 1.807) is 12.1 Å². The molecule has 4 aromatic rings. The summed E-state index contributed by atoms with van der Waals surface area (Å²) in [7, 11) is 2.53. The summed E-state index contributed by atoms with van der Waals surface area (Å²) in [6.07, 6.45) is 1.42. The monoisotopic (exact) mass is 497 g/mol. The first-order chi connectivity index (χ1) is 18.0. The van der Waals surface area contributed by atoms with Crippen molar-refractivity contribution in [2.75, 3.05) is 30.2 Å². The Labute approximate surface area is 214 Å². The molecule has 37 heavy (non-hydrogen) atoms. The summed E-state index contributed by atoms with van der Waals surface area (Å²) in [5, 5.41) is 3.12. The van der Waals surface area contributed by atoms with Crippen LogP contribution < -0.4 is 16.0 Å². The predicted octanol–water partition coefficient (Wildman–Crippen LogP) is 4.58. The van der Waals surface area contributed by atoms with Crippen LogP contribution in [0.5, 0.6) is 0 Å². The van der Waals surface area contributed by atoms with Crippen LogP contribution in [0.3, 0.4) is 0 Å². The minimum Gasteiger partial charge on any atom is -0.465 e. The number of nitrogens with two attached hydrogens (primary N) is 1. The van der Waals surface area contributed by atoms with E-state index in [4.69, 9.17) is 15.2 Å². The molecule has 0 amide bonds. The number of hydrogen-bond donors (Lipinski definition) is 2. The van der Waals surface area contributed by atoms with Gasteiger partial charge in [0, 0.05) is 18.8 Å². The number of anilines is 4. The van der Waals surface area contributed by atoms with Crippen LogP contribution in [-0.2, 0) is 22.6 Å². The van der Waals surface area contributed by atoms with Crippen molar-refractivity contribution < 1.29 is 19.1 Å². The zero-order valence-corrected chi connectivity index (χ0v) is 20.5. The molecule has 1 heterocycles. The molecule has 0 atom stereocenters. The maximum absolute atomic E-state index is 12.2. The fourth-order valence-corrected chi connectivity index (χ4v) is 3.86. The van der Waals surface area contributed by atoms with Crippen LogP contribution in [0, 0.1) is 0 Å². The molecule has 0 aliphatic heterocycles. The van der Waals surface area contributed by atoms with Crippen molar-refractivity contribution in [1.82, 2.24) is 9.97 Å². The van der Waals surface area contributed by atoms with Gasteiger partial charge in [0.25, 0.3) is 0 Å². The lowest BCUT2D eigenvalue weighted by Crippen LogP contribution is -2.24. The van der Waals surface area contributed by atoms with Gasteiger partial charge in [-0.05, 0) is 29.3 Å². The summed E-state index contributed by atoms with van der Waals surface area (Å²) >= 11 is 0. The van der Waals surface area contributed by atoms with E-state index in [1.165, 1.54) is 26.6 Å². The van der Waals surface area contributed by atoms with Gasteiger partial charge >= 0.3 is 11.9 Å². The van der Waals surface area contributed by atoms with Crippen molar-refractivity contribution in [1.29, 1.82) is 0 Å². The zero-order chi connectivity index (χ0) is 26.2. The number of aromatic nitrogens is 2. The number of carbonyl (C=O) groups excluding carboxylic acids is 2. The van der Waals surface area contributed by atoms with E-state index >= 15 is 0 Å². The van der Waals surface area contributed by atoms with Crippen molar-refractivity contribution >= 4 is 34.9 Å². The third-order valence-electron chi connectivity index (χ3n) is 5.63. The Balaban J connectivity index is 1.70. The lowest BCUT2D eigenvalue weighted by molar-refractivity contribution is 0.0599. The van der Waals surface area contributed by atoms with Gasteiger partial charge in [-0.25, -0.2) is 19.6 Å². The maximum atomic E-state index is 12.2. The molecule has 0 aliphatic carbocycles. The molecule has 0 aliphatic rings. The highest BCUT2D eigenvalue weighted by molar-refractivity contribution is 5.97. The molecule has 0 saturated heterocycles. The second kappa shape index (κ2) is 11.7. The highest BCUT2D eigenvalue weighted by Crippen LogP contribution is 2.31. The van der Waals surface area contributed by atoms with Gasteiger partial charge in [-0.2, -0.15) is 0 Å². The van der Waals surface area contributed by atoms with E-state index in [1.807, 2.05) is 60.7 Å². The standard InChI is InChI=1S/C28H27N5O4/c1-36-27(34)21-13-22(28(35)37-2)15-23(14-21)32-25-24(29)26(31-18-30-25)33(16-19-9-5-3-6-10-19)17-20-11-7-4-8-12-20/h3-15,18H,16-17,29H2,1-2H3,(H,30,31,32). The molecule has 9 heteroatoms. The third kappa shape index (κ3) is 6.21. The maximum Gasteiger partial charge on any atom is 0.337 e. The number of carbonyl (C=O) groups is 2. The van der Waals surface area contributed by atoms with Gasteiger partial charge in [0.05, 0.1) is 25.3 Å². The van der Waals surface area contributed by atoms with Crippen LogP contribution in [0.1, 0.15) is 31.8 Å². The van der Waals surface area contributed by atoms with Gasteiger partial charge in [-0.15, -0.1) is 0 Å².